The Morgan fingerprint density at radius 3 is 2.94 bits per heavy atom. The molecular formula is C10H10FN5O. The van der Waals surface area contributed by atoms with Gasteiger partial charge in [0.15, 0.2) is 0 Å². The van der Waals surface area contributed by atoms with Gasteiger partial charge in [-0.25, -0.2) is 9.37 Å². The number of nitrogens with one attached hydrogen (secondary N) is 2. The smallest absolute Gasteiger partial charge is 0.251 e. The van der Waals surface area contributed by atoms with Gasteiger partial charge in [-0.3, -0.25) is 9.89 Å². The summed E-state index contributed by atoms with van der Waals surface area (Å²) in [6.07, 6.45) is 1.33. The van der Waals surface area contributed by atoms with E-state index in [-0.39, 0.29) is 17.8 Å². The van der Waals surface area contributed by atoms with E-state index < -0.39 is 11.7 Å². The van der Waals surface area contributed by atoms with E-state index in [1.165, 1.54) is 12.4 Å². The Bertz CT molecular complexity index is 505. The Hall–Kier alpha value is -2.44. The molecule has 0 aliphatic heterocycles. The molecule has 0 saturated heterocycles. The standard InChI is InChI=1S/C10H10FN5O/c11-7-1-6(2-8(12)3-7)10(17)13-4-9-14-5-15-16-9/h1-3,5H,4,12H2,(H,13,17)(H,14,15,16). The first kappa shape index (κ1) is 11.1. The van der Waals surface area contributed by atoms with E-state index in [0.29, 0.717) is 5.82 Å². The first-order valence-corrected chi connectivity index (χ1v) is 4.83. The molecule has 1 heterocycles. The lowest BCUT2D eigenvalue weighted by Crippen LogP contribution is -2.23. The highest BCUT2D eigenvalue weighted by molar-refractivity contribution is 5.94. The van der Waals surface area contributed by atoms with Crippen LogP contribution in [0.15, 0.2) is 24.5 Å². The molecule has 2 aromatic rings. The van der Waals surface area contributed by atoms with Crippen LogP contribution in [0.25, 0.3) is 0 Å². The lowest BCUT2D eigenvalue weighted by atomic mass is 10.2. The van der Waals surface area contributed by atoms with Crippen molar-refractivity contribution < 1.29 is 9.18 Å². The van der Waals surface area contributed by atoms with Crippen molar-refractivity contribution in [2.45, 2.75) is 6.54 Å². The Balaban J connectivity index is 2.04. The number of aromatic amines is 1. The van der Waals surface area contributed by atoms with Crippen LogP contribution in [0.1, 0.15) is 16.2 Å². The molecule has 0 atom stereocenters. The number of nitrogens with zero attached hydrogens (tertiary/aromatic N) is 2. The van der Waals surface area contributed by atoms with Gasteiger partial charge in [-0.2, -0.15) is 5.10 Å². The van der Waals surface area contributed by atoms with E-state index in [0.717, 1.165) is 12.1 Å². The fourth-order valence-electron chi connectivity index (χ4n) is 1.33. The number of nitrogen functional groups attached to an aromatic ring is 1. The number of rotatable bonds is 3. The first-order chi connectivity index (χ1) is 8.15. The SMILES string of the molecule is Nc1cc(F)cc(C(=O)NCc2ncn[nH]2)c1. The van der Waals surface area contributed by atoms with E-state index in [1.807, 2.05) is 0 Å². The van der Waals surface area contributed by atoms with Crippen molar-refractivity contribution in [2.75, 3.05) is 5.73 Å². The van der Waals surface area contributed by atoms with Gasteiger partial charge in [-0.1, -0.05) is 0 Å². The molecule has 88 valence electrons. The summed E-state index contributed by atoms with van der Waals surface area (Å²) in [5.74, 6) is -0.454. The average molecular weight is 235 g/mol. The number of hydrogen-bond acceptors (Lipinski definition) is 4. The van der Waals surface area contributed by atoms with E-state index in [1.54, 1.807) is 0 Å². The number of aromatic nitrogens is 3. The predicted octanol–water partition coefficient (Wildman–Crippen LogP) is 0.456. The summed E-state index contributed by atoms with van der Waals surface area (Å²) in [5, 5.41) is 8.79. The van der Waals surface area contributed by atoms with Crippen molar-refractivity contribution in [3.63, 3.8) is 0 Å². The maximum atomic E-state index is 13.0. The van der Waals surface area contributed by atoms with Gasteiger partial charge in [-0.05, 0) is 18.2 Å². The van der Waals surface area contributed by atoms with Gasteiger partial charge in [0.2, 0.25) is 0 Å². The molecule has 1 aromatic heterocycles. The van der Waals surface area contributed by atoms with Gasteiger partial charge >= 0.3 is 0 Å². The number of nitrogens with two attached hydrogens (primary N) is 1. The second kappa shape index (κ2) is 4.60. The zero-order valence-electron chi connectivity index (χ0n) is 8.77. The summed E-state index contributed by atoms with van der Waals surface area (Å²) in [6.45, 7) is 0.190. The lowest BCUT2D eigenvalue weighted by molar-refractivity contribution is 0.0949. The van der Waals surface area contributed by atoms with E-state index in [9.17, 15) is 9.18 Å². The molecule has 1 amide bonds. The highest BCUT2D eigenvalue weighted by Gasteiger charge is 2.08. The quantitative estimate of drug-likeness (QED) is 0.673. The van der Waals surface area contributed by atoms with Crippen LogP contribution in [0.4, 0.5) is 10.1 Å². The van der Waals surface area contributed by atoms with Gasteiger partial charge in [-0.15, -0.1) is 0 Å². The molecule has 0 spiro atoms. The second-order valence-corrected chi connectivity index (χ2v) is 3.39. The summed E-state index contributed by atoms with van der Waals surface area (Å²) in [6, 6.07) is 3.66. The number of benzene rings is 1. The number of H-pyrrole nitrogens is 1. The number of halogens is 1. The number of carbonyl (C=O) groups is 1. The van der Waals surface area contributed by atoms with Crippen LogP contribution in [-0.4, -0.2) is 21.1 Å². The second-order valence-electron chi connectivity index (χ2n) is 3.39. The summed E-state index contributed by atoms with van der Waals surface area (Å²) < 4.78 is 13.0. The third-order valence-corrected chi connectivity index (χ3v) is 2.06. The van der Waals surface area contributed by atoms with Crippen molar-refractivity contribution >= 4 is 11.6 Å². The first-order valence-electron chi connectivity index (χ1n) is 4.83. The Labute approximate surface area is 96.1 Å². The molecule has 0 fully saturated rings. The van der Waals surface area contributed by atoms with E-state index >= 15 is 0 Å². The van der Waals surface area contributed by atoms with Gasteiger partial charge in [0, 0.05) is 11.3 Å². The molecule has 0 aliphatic carbocycles. The summed E-state index contributed by atoms with van der Waals surface area (Å²) in [5.41, 5.74) is 5.81. The van der Waals surface area contributed by atoms with Crippen LogP contribution < -0.4 is 11.1 Å². The minimum Gasteiger partial charge on any atom is -0.399 e. The third kappa shape index (κ3) is 2.77. The van der Waals surface area contributed by atoms with Gasteiger partial charge < -0.3 is 11.1 Å². The van der Waals surface area contributed by atoms with Gasteiger partial charge in [0.05, 0.1) is 6.54 Å². The summed E-state index contributed by atoms with van der Waals surface area (Å²) in [7, 11) is 0. The molecule has 0 aliphatic rings. The highest BCUT2D eigenvalue weighted by atomic mass is 19.1. The normalized spacial score (nSPS) is 10.2. The molecule has 2 rings (SSSR count). The maximum Gasteiger partial charge on any atom is 0.251 e. The fraction of sp³-hybridized carbons (Fsp3) is 0.100. The van der Waals surface area contributed by atoms with Crippen LogP contribution in [0.5, 0.6) is 0 Å². The highest BCUT2D eigenvalue weighted by Crippen LogP contribution is 2.10. The van der Waals surface area contributed by atoms with Crippen molar-refractivity contribution in [3.8, 4) is 0 Å². The van der Waals surface area contributed by atoms with Crippen molar-refractivity contribution in [1.29, 1.82) is 0 Å². The monoisotopic (exact) mass is 235 g/mol. The van der Waals surface area contributed by atoms with Gasteiger partial charge in [0.25, 0.3) is 5.91 Å². The number of hydrogen-bond donors (Lipinski definition) is 3. The molecule has 1 aromatic carbocycles. The Morgan fingerprint density at radius 2 is 2.29 bits per heavy atom. The number of anilines is 1. The molecule has 0 saturated carbocycles. The Kier molecular flexibility index (Phi) is 2.99. The molecular weight excluding hydrogens is 225 g/mol. The summed E-state index contributed by atoms with van der Waals surface area (Å²) >= 11 is 0. The van der Waals surface area contributed by atoms with Crippen LogP contribution in [0.2, 0.25) is 0 Å². The third-order valence-electron chi connectivity index (χ3n) is 2.06. The van der Waals surface area contributed by atoms with Crippen LogP contribution >= 0.6 is 0 Å². The molecule has 0 unspecified atom stereocenters. The predicted molar refractivity (Wildman–Crippen MR) is 58.4 cm³/mol. The largest absolute Gasteiger partial charge is 0.399 e. The maximum absolute atomic E-state index is 13.0. The van der Waals surface area contributed by atoms with Gasteiger partial charge in [0.1, 0.15) is 18.0 Å². The molecule has 6 nitrogen and oxygen atoms in total. The minimum atomic E-state index is -0.546. The van der Waals surface area contributed by atoms with Crippen molar-refractivity contribution in [3.05, 3.63) is 41.7 Å². The summed E-state index contributed by atoms with van der Waals surface area (Å²) in [4.78, 5) is 15.5. The molecule has 4 N–H and O–H groups in total. The average Bonchev–Trinajstić information content (AvgIpc) is 2.77. The number of carbonyl (C=O) groups excluding carboxylic acids is 1. The van der Waals surface area contributed by atoms with Crippen molar-refractivity contribution in [1.82, 2.24) is 20.5 Å². The molecule has 17 heavy (non-hydrogen) atoms. The number of amides is 1. The van der Waals surface area contributed by atoms with Crippen LogP contribution in [0, 0.1) is 5.82 Å². The van der Waals surface area contributed by atoms with E-state index in [4.69, 9.17) is 5.73 Å². The van der Waals surface area contributed by atoms with E-state index in [2.05, 4.69) is 20.5 Å². The topological polar surface area (TPSA) is 96.7 Å². The minimum absolute atomic E-state index is 0.169. The molecule has 0 radical (unpaired) electrons. The van der Waals surface area contributed by atoms with Crippen molar-refractivity contribution in [2.24, 2.45) is 0 Å². The molecule has 0 bridgehead atoms. The lowest BCUT2D eigenvalue weighted by Gasteiger charge is -2.04. The molecule has 7 heteroatoms. The van der Waals surface area contributed by atoms with Crippen LogP contribution in [-0.2, 0) is 6.54 Å². The zero-order chi connectivity index (χ0) is 12.3. The Morgan fingerprint density at radius 1 is 1.47 bits per heavy atom. The zero-order valence-corrected chi connectivity index (χ0v) is 8.77. The van der Waals surface area contributed by atoms with Crippen LogP contribution in [0.3, 0.4) is 0 Å². The fourth-order valence-corrected chi connectivity index (χ4v) is 1.33.